The second-order valence-corrected chi connectivity index (χ2v) is 11.0. The normalized spacial score (nSPS) is 11.3. The molecule has 0 aliphatic heterocycles. The third-order valence-electron chi connectivity index (χ3n) is 6.23. The SMILES string of the molecule is CCN(CC)C(=O)c1ccccc1NC(=O)CN(c1ccc(C(C)C)cc1)S(=O)(=O)c1ccc(C)cc1. The number of carbonyl (C=O) groups is 2. The number of para-hydroxylation sites is 1. The number of benzene rings is 3. The minimum absolute atomic E-state index is 0.0935. The van der Waals surface area contributed by atoms with E-state index in [1.807, 2.05) is 32.9 Å². The van der Waals surface area contributed by atoms with Crippen LogP contribution in [0.1, 0.15) is 55.1 Å². The van der Waals surface area contributed by atoms with Gasteiger partial charge in [0.1, 0.15) is 6.54 Å². The molecule has 0 heterocycles. The number of amides is 2. The summed E-state index contributed by atoms with van der Waals surface area (Å²) in [5, 5.41) is 2.76. The van der Waals surface area contributed by atoms with Crippen molar-refractivity contribution in [1.82, 2.24) is 4.90 Å². The first-order valence-electron chi connectivity index (χ1n) is 12.5. The van der Waals surface area contributed by atoms with Crippen molar-refractivity contribution in [1.29, 1.82) is 0 Å². The van der Waals surface area contributed by atoms with Crippen LogP contribution in [0.3, 0.4) is 0 Å². The molecule has 8 heteroatoms. The Kier molecular flexibility index (Phi) is 9.10. The molecule has 3 rings (SSSR count). The summed E-state index contributed by atoms with van der Waals surface area (Å²) >= 11 is 0. The first-order valence-corrected chi connectivity index (χ1v) is 13.9. The standard InChI is InChI=1S/C29H35N3O4S/c1-6-31(7-2)29(34)26-10-8-9-11-27(26)30-28(33)20-32(24-16-14-23(15-17-24)21(3)4)37(35,36)25-18-12-22(5)13-19-25/h8-19,21H,6-7,20H2,1-5H3,(H,30,33). The van der Waals surface area contributed by atoms with Crippen LogP contribution < -0.4 is 9.62 Å². The van der Waals surface area contributed by atoms with Gasteiger partial charge in [-0.1, -0.05) is 55.8 Å². The number of anilines is 2. The number of hydrogen-bond acceptors (Lipinski definition) is 4. The predicted molar refractivity (Wildman–Crippen MR) is 149 cm³/mol. The number of rotatable bonds is 10. The highest BCUT2D eigenvalue weighted by molar-refractivity contribution is 7.92. The Balaban J connectivity index is 1.96. The molecular formula is C29H35N3O4S. The van der Waals surface area contributed by atoms with E-state index in [2.05, 4.69) is 19.2 Å². The van der Waals surface area contributed by atoms with Gasteiger partial charge in [0.25, 0.3) is 15.9 Å². The van der Waals surface area contributed by atoms with Crippen LogP contribution in [0, 0.1) is 6.92 Å². The molecule has 0 aliphatic carbocycles. The number of nitrogens with one attached hydrogen (secondary N) is 1. The minimum atomic E-state index is -4.04. The lowest BCUT2D eigenvalue weighted by atomic mass is 10.0. The van der Waals surface area contributed by atoms with Gasteiger partial charge in [-0.2, -0.15) is 0 Å². The lowest BCUT2D eigenvalue weighted by Crippen LogP contribution is -2.38. The van der Waals surface area contributed by atoms with Crippen LogP contribution in [0.2, 0.25) is 0 Å². The molecule has 0 atom stereocenters. The highest BCUT2D eigenvalue weighted by Gasteiger charge is 2.28. The van der Waals surface area contributed by atoms with Gasteiger partial charge >= 0.3 is 0 Å². The summed E-state index contributed by atoms with van der Waals surface area (Å²) in [6.07, 6.45) is 0. The fourth-order valence-electron chi connectivity index (χ4n) is 3.96. The summed E-state index contributed by atoms with van der Waals surface area (Å²) < 4.78 is 28.5. The molecule has 37 heavy (non-hydrogen) atoms. The van der Waals surface area contributed by atoms with Gasteiger partial charge in [0, 0.05) is 13.1 Å². The average Bonchev–Trinajstić information content (AvgIpc) is 2.88. The van der Waals surface area contributed by atoms with E-state index >= 15 is 0 Å². The van der Waals surface area contributed by atoms with Crippen molar-refractivity contribution in [3.8, 4) is 0 Å². The van der Waals surface area contributed by atoms with E-state index < -0.39 is 22.5 Å². The van der Waals surface area contributed by atoms with Crippen LogP contribution in [-0.4, -0.2) is 44.8 Å². The summed E-state index contributed by atoms with van der Waals surface area (Å²) in [6, 6.07) is 20.4. The largest absolute Gasteiger partial charge is 0.339 e. The van der Waals surface area contributed by atoms with E-state index in [1.165, 1.54) is 12.1 Å². The molecule has 0 saturated carbocycles. The molecule has 0 fully saturated rings. The van der Waals surface area contributed by atoms with Crippen molar-refractivity contribution in [3.05, 3.63) is 89.5 Å². The summed E-state index contributed by atoms with van der Waals surface area (Å²) in [5.41, 5.74) is 3.07. The molecule has 0 unspecified atom stereocenters. The third kappa shape index (κ3) is 6.57. The van der Waals surface area contributed by atoms with E-state index in [1.54, 1.807) is 53.4 Å². The van der Waals surface area contributed by atoms with Crippen LogP contribution >= 0.6 is 0 Å². The summed E-state index contributed by atoms with van der Waals surface area (Å²) in [4.78, 5) is 28.0. The molecule has 196 valence electrons. The average molecular weight is 522 g/mol. The van der Waals surface area contributed by atoms with Crippen molar-refractivity contribution >= 4 is 33.2 Å². The van der Waals surface area contributed by atoms with Gasteiger partial charge in [-0.3, -0.25) is 13.9 Å². The van der Waals surface area contributed by atoms with Crippen LogP contribution in [0.4, 0.5) is 11.4 Å². The maximum atomic E-state index is 13.7. The monoisotopic (exact) mass is 521 g/mol. The van der Waals surface area contributed by atoms with E-state index in [-0.39, 0.29) is 16.7 Å². The van der Waals surface area contributed by atoms with Crippen LogP contribution in [-0.2, 0) is 14.8 Å². The van der Waals surface area contributed by atoms with Gasteiger partial charge in [0.05, 0.1) is 21.8 Å². The first kappa shape index (κ1) is 27.9. The van der Waals surface area contributed by atoms with E-state index in [9.17, 15) is 18.0 Å². The van der Waals surface area contributed by atoms with Crippen LogP contribution in [0.25, 0.3) is 0 Å². The molecule has 0 bridgehead atoms. The summed E-state index contributed by atoms with van der Waals surface area (Å²) in [5.74, 6) is -0.475. The van der Waals surface area contributed by atoms with E-state index in [4.69, 9.17) is 0 Å². The van der Waals surface area contributed by atoms with Crippen molar-refractivity contribution in [2.24, 2.45) is 0 Å². The minimum Gasteiger partial charge on any atom is -0.339 e. The molecular weight excluding hydrogens is 486 g/mol. The number of nitrogens with zero attached hydrogens (tertiary/aromatic N) is 2. The maximum absolute atomic E-state index is 13.7. The number of hydrogen-bond donors (Lipinski definition) is 1. The lowest BCUT2D eigenvalue weighted by molar-refractivity contribution is -0.114. The Hall–Kier alpha value is -3.65. The molecule has 3 aromatic carbocycles. The van der Waals surface area contributed by atoms with Crippen molar-refractivity contribution in [2.75, 3.05) is 29.3 Å². The second-order valence-electron chi connectivity index (χ2n) is 9.14. The van der Waals surface area contributed by atoms with Gasteiger partial charge in [0.15, 0.2) is 0 Å². The zero-order valence-corrected chi connectivity index (χ0v) is 22.9. The summed E-state index contributed by atoms with van der Waals surface area (Å²) in [6.45, 7) is 10.4. The van der Waals surface area contributed by atoms with E-state index in [0.29, 0.717) is 30.0 Å². The van der Waals surface area contributed by atoms with Crippen molar-refractivity contribution in [2.45, 2.75) is 45.4 Å². The van der Waals surface area contributed by atoms with Crippen LogP contribution in [0.5, 0.6) is 0 Å². The van der Waals surface area contributed by atoms with Crippen molar-refractivity contribution in [3.63, 3.8) is 0 Å². The zero-order valence-electron chi connectivity index (χ0n) is 22.1. The highest BCUT2D eigenvalue weighted by Crippen LogP contribution is 2.27. The first-order chi connectivity index (χ1) is 17.6. The van der Waals surface area contributed by atoms with Gasteiger partial charge < -0.3 is 10.2 Å². The zero-order chi connectivity index (χ0) is 27.2. The van der Waals surface area contributed by atoms with E-state index in [0.717, 1.165) is 15.4 Å². The number of sulfonamides is 1. The molecule has 0 spiro atoms. The predicted octanol–water partition coefficient (Wildman–Crippen LogP) is 5.43. The fraction of sp³-hybridized carbons (Fsp3) is 0.310. The highest BCUT2D eigenvalue weighted by atomic mass is 32.2. The smallest absolute Gasteiger partial charge is 0.264 e. The second kappa shape index (κ2) is 12.1. The quantitative estimate of drug-likeness (QED) is 0.385. The lowest BCUT2D eigenvalue weighted by Gasteiger charge is -2.25. The maximum Gasteiger partial charge on any atom is 0.264 e. The molecule has 7 nitrogen and oxygen atoms in total. The Bertz CT molecular complexity index is 1330. The third-order valence-corrected chi connectivity index (χ3v) is 8.01. The Morgan fingerprint density at radius 2 is 1.46 bits per heavy atom. The number of aryl methyl sites for hydroxylation is 1. The molecule has 0 aromatic heterocycles. The Morgan fingerprint density at radius 3 is 2.03 bits per heavy atom. The van der Waals surface area contributed by atoms with Gasteiger partial charge in [-0.15, -0.1) is 0 Å². The topological polar surface area (TPSA) is 86.8 Å². The van der Waals surface area contributed by atoms with Crippen LogP contribution in [0.15, 0.2) is 77.7 Å². The molecule has 0 radical (unpaired) electrons. The molecule has 1 N–H and O–H groups in total. The molecule has 3 aromatic rings. The van der Waals surface area contributed by atoms with Gasteiger partial charge in [0.2, 0.25) is 5.91 Å². The Labute approximate surface area is 220 Å². The fourth-order valence-corrected chi connectivity index (χ4v) is 5.38. The molecule has 0 aliphatic rings. The summed E-state index contributed by atoms with van der Waals surface area (Å²) in [7, 11) is -4.04. The molecule has 0 saturated heterocycles. The molecule has 2 amide bonds. The van der Waals surface area contributed by atoms with Crippen molar-refractivity contribution < 1.29 is 18.0 Å². The Morgan fingerprint density at radius 1 is 0.865 bits per heavy atom. The van der Waals surface area contributed by atoms with Gasteiger partial charge in [-0.25, -0.2) is 8.42 Å². The number of carbonyl (C=O) groups excluding carboxylic acids is 2. The van der Waals surface area contributed by atoms with Gasteiger partial charge in [-0.05, 0) is 68.7 Å².